The number of amides is 1. The molecule has 1 aromatic carbocycles. The minimum atomic E-state index is -0.651. The van der Waals surface area contributed by atoms with Crippen LogP contribution in [0.4, 0.5) is 10.1 Å². The summed E-state index contributed by atoms with van der Waals surface area (Å²) in [5.74, 6) is -1.24. The van der Waals surface area contributed by atoms with Crippen LogP contribution in [-0.2, 0) is 4.79 Å². The van der Waals surface area contributed by atoms with Crippen molar-refractivity contribution >= 4 is 17.4 Å². The van der Waals surface area contributed by atoms with Crippen LogP contribution in [0.3, 0.4) is 0 Å². The number of nitrogens with one attached hydrogen (secondary N) is 1. The molecule has 0 aliphatic heterocycles. The lowest BCUT2D eigenvalue weighted by atomic mass is 10.1. The van der Waals surface area contributed by atoms with E-state index in [1.165, 1.54) is 18.2 Å². The maximum Gasteiger partial charge on any atom is 0.224 e. The third kappa shape index (κ3) is 4.24. The molecule has 0 saturated heterocycles. The van der Waals surface area contributed by atoms with Crippen LogP contribution in [0.5, 0.6) is 0 Å². The summed E-state index contributed by atoms with van der Waals surface area (Å²) >= 11 is 0. The Labute approximate surface area is 111 Å². The number of benzene rings is 1. The monoisotopic (exact) mass is 267 g/mol. The van der Waals surface area contributed by atoms with Crippen molar-refractivity contribution < 1.29 is 14.4 Å². The zero-order chi connectivity index (χ0) is 14.3. The number of amidine groups is 1. The molecular formula is C13H18FN3O2. The van der Waals surface area contributed by atoms with Gasteiger partial charge in [0, 0.05) is 6.42 Å². The molecule has 1 rings (SSSR count). The summed E-state index contributed by atoms with van der Waals surface area (Å²) in [7, 11) is 0. The van der Waals surface area contributed by atoms with Crippen molar-refractivity contribution in [2.75, 3.05) is 5.32 Å². The van der Waals surface area contributed by atoms with Crippen molar-refractivity contribution in [3.63, 3.8) is 0 Å². The smallest absolute Gasteiger partial charge is 0.224 e. The van der Waals surface area contributed by atoms with Gasteiger partial charge < -0.3 is 16.3 Å². The number of halogens is 1. The van der Waals surface area contributed by atoms with Crippen molar-refractivity contribution in [1.82, 2.24) is 0 Å². The van der Waals surface area contributed by atoms with E-state index in [9.17, 15) is 9.18 Å². The Morgan fingerprint density at radius 3 is 2.84 bits per heavy atom. The second-order valence-corrected chi connectivity index (χ2v) is 4.15. The lowest BCUT2D eigenvalue weighted by Gasteiger charge is -2.10. The maximum absolute atomic E-state index is 13.6. The SMILES string of the molecule is CCCCCC(=O)Nc1cccc(F)c1/C(N)=N/O. The van der Waals surface area contributed by atoms with Gasteiger partial charge in [-0.05, 0) is 18.6 Å². The van der Waals surface area contributed by atoms with Crippen LogP contribution in [0.2, 0.25) is 0 Å². The zero-order valence-corrected chi connectivity index (χ0v) is 10.8. The molecule has 0 aromatic heterocycles. The van der Waals surface area contributed by atoms with E-state index in [2.05, 4.69) is 10.5 Å². The quantitative estimate of drug-likeness (QED) is 0.243. The van der Waals surface area contributed by atoms with Gasteiger partial charge in [0.05, 0.1) is 11.3 Å². The van der Waals surface area contributed by atoms with Gasteiger partial charge in [-0.3, -0.25) is 4.79 Å². The minimum absolute atomic E-state index is 0.103. The number of rotatable bonds is 6. The number of nitrogens with two attached hydrogens (primary N) is 1. The average molecular weight is 267 g/mol. The molecule has 0 heterocycles. The molecule has 0 bridgehead atoms. The van der Waals surface area contributed by atoms with Crippen LogP contribution in [0.25, 0.3) is 0 Å². The topological polar surface area (TPSA) is 87.7 Å². The molecule has 0 fully saturated rings. The van der Waals surface area contributed by atoms with E-state index in [4.69, 9.17) is 10.9 Å². The van der Waals surface area contributed by atoms with E-state index in [1.807, 2.05) is 6.92 Å². The number of hydrogen-bond donors (Lipinski definition) is 3. The standard InChI is InChI=1S/C13H18FN3O2/c1-2-3-4-8-11(18)16-10-7-5-6-9(14)12(10)13(15)17-19/h5-7,19H,2-4,8H2,1H3,(H2,15,17)(H,16,18). The Balaban J connectivity index is 2.83. The molecule has 0 saturated carbocycles. The molecule has 0 radical (unpaired) electrons. The first-order valence-electron chi connectivity index (χ1n) is 6.16. The fraction of sp³-hybridized carbons (Fsp3) is 0.385. The van der Waals surface area contributed by atoms with Gasteiger partial charge in [0.1, 0.15) is 5.82 Å². The molecule has 19 heavy (non-hydrogen) atoms. The summed E-state index contributed by atoms with van der Waals surface area (Å²) in [5.41, 5.74) is 5.50. The molecule has 0 aliphatic rings. The summed E-state index contributed by atoms with van der Waals surface area (Å²) in [5, 5.41) is 14.0. The molecule has 0 unspecified atom stereocenters. The van der Waals surface area contributed by atoms with Crippen LogP contribution in [0.1, 0.15) is 38.2 Å². The highest BCUT2D eigenvalue weighted by molar-refractivity contribution is 6.05. The van der Waals surface area contributed by atoms with Gasteiger partial charge in [-0.2, -0.15) is 0 Å². The molecule has 4 N–H and O–H groups in total. The van der Waals surface area contributed by atoms with Crippen molar-refractivity contribution in [2.24, 2.45) is 10.9 Å². The number of carbonyl (C=O) groups is 1. The van der Waals surface area contributed by atoms with Gasteiger partial charge >= 0.3 is 0 Å². The molecule has 0 atom stereocenters. The second kappa shape index (κ2) is 7.35. The fourth-order valence-corrected chi connectivity index (χ4v) is 1.69. The summed E-state index contributed by atoms with van der Waals surface area (Å²) in [6, 6.07) is 4.14. The molecular weight excluding hydrogens is 249 g/mol. The lowest BCUT2D eigenvalue weighted by Crippen LogP contribution is -2.20. The largest absolute Gasteiger partial charge is 0.409 e. The van der Waals surface area contributed by atoms with E-state index in [0.29, 0.717) is 6.42 Å². The van der Waals surface area contributed by atoms with Gasteiger partial charge in [-0.15, -0.1) is 0 Å². The average Bonchev–Trinajstić information content (AvgIpc) is 2.38. The Morgan fingerprint density at radius 1 is 1.47 bits per heavy atom. The minimum Gasteiger partial charge on any atom is -0.409 e. The lowest BCUT2D eigenvalue weighted by molar-refractivity contribution is -0.116. The Hall–Kier alpha value is -2.11. The van der Waals surface area contributed by atoms with Crippen LogP contribution in [0, 0.1) is 5.82 Å². The Bertz CT molecular complexity index is 475. The van der Waals surface area contributed by atoms with Crippen molar-refractivity contribution in [1.29, 1.82) is 0 Å². The van der Waals surface area contributed by atoms with E-state index in [1.54, 1.807) is 0 Å². The number of nitrogens with zero attached hydrogens (tertiary/aromatic N) is 1. The summed E-state index contributed by atoms with van der Waals surface area (Å²) < 4.78 is 13.6. The second-order valence-electron chi connectivity index (χ2n) is 4.15. The number of carbonyl (C=O) groups excluding carboxylic acids is 1. The van der Waals surface area contributed by atoms with Gasteiger partial charge in [0.25, 0.3) is 0 Å². The van der Waals surface area contributed by atoms with Crippen LogP contribution in [-0.4, -0.2) is 17.0 Å². The highest BCUT2D eigenvalue weighted by atomic mass is 19.1. The highest BCUT2D eigenvalue weighted by Gasteiger charge is 2.14. The van der Waals surface area contributed by atoms with E-state index < -0.39 is 5.82 Å². The summed E-state index contributed by atoms with van der Waals surface area (Å²) in [6.07, 6.45) is 3.11. The van der Waals surface area contributed by atoms with Gasteiger partial charge in [0.15, 0.2) is 5.84 Å². The van der Waals surface area contributed by atoms with Crippen LogP contribution < -0.4 is 11.1 Å². The highest BCUT2D eigenvalue weighted by Crippen LogP contribution is 2.19. The molecule has 104 valence electrons. The normalized spacial score (nSPS) is 11.4. The third-order valence-electron chi connectivity index (χ3n) is 2.66. The molecule has 5 nitrogen and oxygen atoms in total. The number of unbranched alkanes of at least 4 members (excludes halogenated alkanes) is 2. The molecule has 1 amide bonds. The van der Waals surface area contributed by atoms with Gasteiger partial charge in [-0.25, -0.2) is 4.39 Å². The van der Waals surface area contributed by atoms with Crippen molar-refractivity contribution in [3.05, 3.63) is 29.6 Å². The van der Waals surface area contributed by atoms with Gasteiger partial charge in [-0.1, -0.05) is 31.0 Å². The van der Waals surface area contributed by atoms with E-state index in [-0.39, 0.29) is 23.0 Å². The van der Waals surface area contributed by atoms with Crippen LogP contribution >= 0.6 is 0 Å². The molecule has 0 aliphatic carbocycles. The number of anilines is 1. The maximum atomic E-state index is 13.6. The predicted molar refractivity (Wildman–Crippen MR) is 71.7 cm³/mol. The first kappa shape index (κ1) is 14.9. The number of hydrogen-bond acceptors (Lipinski definition) is 3. The first-order chi connectivity index (χ1) is 9.10. The van der Waals surface area contributed by atoms with E-state index in [0.717, 1.165) is 19.3 Å². The van der Waals surface area contributed by atoms with Crippen molar-refractivity contribution in [3.8, 4) is 0 Å². The van der Waals surface area contributed by atoms with Crippen molar-refractivity contribution in [2.45, 2.75) is 32.6 Å². The predicted octanol–water partition coefficient (Wildman–Crippen LogP) is 2.44. The third-order valence-corrected chi connectivity index (χ3v) is 2.66. The molecule has 6 heteroatoms. The van der Waals surface area contributed by atoms with Gasteiger partial charge in [0.2, 0.25) is 5.91 Å². The Kier molecular flexibility index (Phi) is 5.78. The Morgan fingerprint density at radius 2 is 2.21 bits per heavy atom. The number of oxime groups is 1. The molecule has 1 aromatic rings. The van der Waals surface area contributed by atoms with Crippen LogP contribution in [0.15, 0.2) is 23.4 Å². The molecule has 0 spiro atoms. The first-order valence-corrected chi connectivity index (χ1v) is 6.16. The zero-order valence-electron chi connectivity index (χ0n) is 10.8. The van der Waals surface area contributed by atoms with E-state index >= 15 is 0 Å². The summed E-state index contributed by atoms with van der Waals surface area (Å²) in [4.78, 5) is 11.7. The fourth-order valence-electron chi connectivity index (χ4n) is 1.69. The summed E-state index contributed by atoms with van der Waals surface area (Å²) in [6.45, 7) is 2.04.